The molecule has 0 saturated carbocycles. The second-order valence-electron chi connectivity index (χ2n) is 7.48. The normalized spacial score (nSPS) is 15.9. The van der Waals surface area contributed by atoms with Crippen molar-refractivity contribution in [2.24, 2.45) is 0 Å². The number of rotatable bonds is 5. The fourth-order valence-electron chi connectivity index (χ4n) is 3.78. The molecule has 0 saturated heterocycles. The number of carboxylic acid groups (broad SMARTS) is 2. The molecule has 0 bridgehead atoms. The SMILES string of the molecule is CC(=O)Oc1ccc2c(c1)OC1=CC(OC(C)=O)C=CC1=C2c1ccc(C(=O)O)cc1C(=O)O. The van der Waals surface area contributed by atoms with E-state index in [4.69, 9.17) is 14.2 Å². The maximum atomic E-state index is 12.1. The van der Waals surface area contributed by atoms with Gasteiger partial charge < -0.3 is 24.4 Å². The number of benzene rings is 2. The summed E-state index contributed by atoms with van der Waals surface area (Å²) in [6.45, 7) is 2.53. The van der Waals surface area contributed by atoms with Crippen molar-refractivity contribution in [1.29, 1.82) is 0 Å². The number of carbonyl (C=O) groups excluding carboxylic acids is 2. The molecule has 172 valence electrons. The summed E-state index contributed by atoms with van der Waals surface area (Å²) in [5.41, 5.74) is 1.36. The first kappa shape index (κ1) is 22.5. The number of carbonyl (C=O) groups is 4. The minimum absolute atomic E-state index is 0.172. The van der Waals surface area contributed by atoms with Crippen LogP contribution >= 0.6 is 0 Å². The summed E-state index contributed by atoms with van der Waals surface area (Å²) in [5, 5.41) is 19.1. The molecule has 9 heteroatoms. The summed E-state index contributed by atoms with van der Waals surface area (Å²) < 4.78 is 16.4. The van der Waals surface area contributed by atoms with Gasteiger partial charge in [0.2, 0.25) is 0 Å². The van der Waals surface area contributed by atoms with Crippen molar-refractivity contribution >= 4 is 29.5 Å². The van der Waals surface area contributed by atoms with Crippen LogP contribution in [0.2, 0.25) is 0 Å². The first-order valence-corrected chi connectivity index (χ1v) is 10.1. The maximum Gasteiger partial charge on any atom is 0.336 e. The van der Waals surface area contributed by atoms with Crippen LogP contribution in [-0.2, 0) is 14.3 Å². The highest BCUT2D eigenvalue weighted by molar-refractivity contribution is 6.02. The first-order chi connectivity index (χ1) is 16.1. The van der Waals surface area contributed by atoms with E-state index in [-0.39, 0.29) is 28.2 Å². The molecular formula is C25H18O9. The lowest BCUT2D eigenvalue weighted by molar-refractivity contribution is -0.142. The second-order valence-corrected chi connectivity index (χ2v) is 7.48. The minimum atomic E-state index is -1.31. The standard InChI is InChI=1S/C25H18O9/c1-12(26)32-15-4-7-18-21(10-15)34-22-11-16(33-13(2)27)5-8-19(22)23(18)17-6-3-14(24(28)29)9-20(17)25(30)31/h3-11,15H,1-2H3,(H,28,29)(H,30,31). The van der Waals surface area contributed by atoms with Crippen molar-refractivity contribution in [2.45, 2.75) is 20.0 Å². The minimum Gasteiger partial charge on any atom is -0.478 e. The van der Waals surface area contributed by atoms with E-state index in [2.05, 4.69) is 0 Å². The lowest BCUT2D eigenvalue weighted by Crippen LogP contribution is -2.20. The summed E-state index contributed by atoms with van der Waals surface area (Å²) in [6, 6.07) is 8.48. The third-order valence-electron chi connectivity index (χ3n) is 5.08. The van der Waals surface area contributed by atoms with Gasteiger partial charge in [0.05, 0.1) is 11.1 Å². The molecule has 4 rings (SSSR count). The smallest absolute Gasteiger partial charge is 0.336 e. The molecule has 0 spiro atoms. The molecular weight excluding hydrogens is 444 g/mol. The number of aromatic carboxylic acids is 2. The first-order valence-electron chi connectivity index (χ1n) is 10.1. The summed E-state index contributed by atoms with van der Waals surface area (Å²) >= 11 is 0. The highest BCUT2D eigenvalue weighted by Gasteiger charge is 2.30. The second kappa shape index (κ2) is 8.70. The summed E-state index contributed by atoms with van der Waals surface area (Å²) in [7, 11) is 0. The summed E-state index contributed by atoms with van der Waals surface area (Å²) in [6.07, 6.45) is 4.12. The monoisotopic (exact) mass is 462 g/mol. The fraction of sp³-hybridized carbons (Fsp3) is 0.120. The third-order valence-corrected chi connectivity index (χ3v) is 5.08. The van der Waals surface area contributed by atoms with Gasteiger partial charge in [0.15, 0.2) is 0 Å². The Hall–Kier alpha value is -4.66. The highest BCUT2D eigenvalue weighted by atomic mass is 16.5. The lowest BCUT2D eigenvalue weighted by Gasteiger charge is -2.29. The number of fused-ring (bicyclic) bond motifs is 2. The zero-order valence-corrected chi connectivity index (χ0v) is 18.0. The van der Waals surface area contributed by atoms with Gasteiger partial charge in [-0.3, -0.25) is 9.59 Å². The number of hydrogen-bond acceptors (Lipinski definition) is 7. The van der Waals surface area contributed by atoms with E-state index in [1.807, 2.05) is 0 Å². The van der Waals surface area contributed by atoms with Gasteiger partial charge in [0.25, 0.3) is 0 Å². The van der Waals surface area contributed by atoms with E-state index in [0.29, 0.717) is 22.5 Å². The Balaban J connectivity index is 1.96. The average molecular weight is 462 g/mol. The Bertz CT molecular complexity index is 1340. The molecule has 1 atom stereocenters. The molecule has 0 amide bonds. The summed E-state index contributed by atoms with van der Waals surface area (Å²) in [5.74, 6) is -2.79. The van der Waals surface area contributed by atoms with Crippen LogP contribution < -0.4 is 9.47 Å². The molecule has 0 radical (unpaired) electrons. The highest BCUT2D eigenvalue weighted by Crippen LogP contribution is 2.45. The van der Waals surface area contributed by atoms with Gasteiger partial charge in [0, 0.05) is 42.7 Å². The molecule has 0 aromatic heterocycles. The van der Waals surface area contributed by atoms with Crippen LogP contribution in [-0.4, -0.2) is 40.2 Å². The predicted octanol–water partition coefficient (Wildman–Crippen LogP) is 3.59. The van der Waals surface area contributed by atoms with Crippen molar-refractivity contribution in [3.63, 3.8) is 0 Å². The van der Waals surface area contributed by atoms with Crippen LogP contribution in [0.5, 0.6) is 11.5 Å². The van der Waals surface area contributed by atoms with Crippen LogP contribution in [0.25, 0.3) is 5.57 Å². The van der Waals surface area contributed by atoms with Crippen molar-refractivity contribution in [3.05, 3.63) is 88.2 Å². The number of ether oxygens (including phenoxy) is 3. The molecule has 1 unspecified atom stereocenters. The molecule has 1 aliphatic carbocycles. The average Bonchev–Trinajstić information content (AvgIpc) is 2.76. The molecule has 1 aliphatic heterocycles. The van der Waals surface area contributed by atoms with Gasteiger partial charge in [-0.15, -0.1) is 0 Å². The zero-order chi connectivity index (χ0) is 24.6. The largest absolute Gasteiger partial charge is 0.478 e. The van der Waals surface area contributed by atoms with Gasteiger partial charge in [-0.1, -0.05) is 12.1 Å². The topological polar surface area (TPSA) is 136 Å². The quantitative estimate of drug-likeness (QED) is 0.504. The van der Waals surface area contributed by atoms with Gasteiger partial charge >= 0.3 is 23.9 Å². The third kappa shape index (κ3) is 4.31. The molecule has 2 N–H and O–H groups in total. The summed E-state index contributed by atoms with van der Waals surface area (Å²) in [4.78, 5) is 46.3. The van der Waals surface area contributed by atoms with Gasteiger partial charge in [-0.25, -0.2) is 9.59 Å². The van der Waals surface area contributed by atoms with Gasteiger partial charge in [-0.05, 0) is 35.9 Å². The van der Waals surface area contributed by atoms with Gasteiger partial charge in [-0.2, -0.15) is 0 Å². The van der Waals surface area contributed by atoms with Crippen LogP contribution in [0, 0.1) is 0 Å². The molecule has 0 fully saturated rings. The van der Waals surface area contributed by atoms with Crippen molar-refractivity contribution in [2.75, 3.05) is 0 Å². The number of carboxylic acids is 2. The van der Waals surface area contributed by atoms with Crippen LogP contribution in [0.15, 0.2) is 66.0 Å². The van der Waals surface area contributed by atoms with E-state index < -0.39 is 30.0 Å². The predicted molar refractivity (Wildman–Crippen MR) is 118 cm³/mol. The number of allylic oxidation sites excluding steroid dienone is 1. The van der Waals surface area contributed by atoms with E-state index >= 15 is 0 Å². The van der Waals surface area contributed by atoms with Gasteiger partial charge in [0.1, 0.15) is 23.4 Å². The Kier molecular flexibility index (Phi) is 5.77. The molecule has 2 aromatic rings. The van der Waals surface area contributed by atoms with E-state index in [1.165, 1.54) is 32.0 Å². The van der Waals surface area contributed by atoms with Crippen LogP contribution in [0.3, 0.4) is 0 Å². The lowest BCUT2D eigenvalue weighted by atomic mass is 9.85. The van der Waals surface area contributed by atoms with Crippen molar-refractivity contribution in [1.82, 2.24) is 0 Å². The van der Waals surface area contributed by atoms with Crippen molar-refractivity contribution in [3.8, 4) is 11.5 Å². The van der Waals surface area contributed by atoms with Crippen molar-refractivity contribution < 1.29 is 43.6 Å². The maximum absolute atomic E-state index is 12.1. The molecule has 2 aromatic carbocycles. The Morgan fingerprint density at radius 1 is 0.912 bits per heavy atom. The zero-order valence-electron chi connectivity index (χ0n) is 18.0. The molecule has 9 nitrogen and oxygen atoms in total. The van der Waals surface area contributed by atoms with E-state index in [1.54, 1.807) is 30.4 Å². The van der Waals surface area contributed by atoms with E-state index in [0.717, 1.165) is 6.07 Å². The van der Waals surface area contributed by atoms with Crippen LogP contribution in [0.4, 0.5) is 0 Å². The molecule has 1 heterocycles. The van der Waals surface area contributed by atoms with Crippen LogP contribution in [0.1, 0.15) is 45.7 Å². The fourth-order valence-corrected chi connectivity index (χ4v) is 3.78. The molecule has 34 heavy (non-hydrogen) atoms. The Morgan fingerprint density at radius 2 is 1.65 bits per heavy atom. The number of hydrogen-bond donors (Lipinski definition) is 2. The Labute approximate surface area is 193 Å². The molecule has 2 aliphatic rings. The Morgan fingerprint density at radius 3 is 2.29 bits per heavy atom. The van der Waals surface area contributed by atoms with E-state index in [9.17, 15) is 29.4 Å². The number of esters is 2.